The lowest BCUT2D eigenvalue weighted by atomic mass is 9.86. The zero-order valence-corrected chi connectivity index (χ0v) is 19.9. The van der Waals surface area contributed by atoms with Gasteiger partial charge in [-0.05, 0) is 56.2 Å². The minimum absolute atomic E-state index is 0.0705. The molecule has 3 amide bonds. The molecule has 2 heterocycles. The summed E-state index contributed by atoms with van der Waals surface area (Å²) in [4.78, 5) is 29.5. The molecule has 0 radical (unpaired) electrons. The molecule has 7 nitrogen and oxygen atoms in total. The van der Waals surface area contributed by atoms with Crippen molar-refractivity contribution in [1.29, 1.82) is 5.41 Å². The van der Waals surface area contributed by atoms with Gasteiger partial charge >= 0.3 is 6.03 Å². The molecular weight excluding hydrogens is 402 g/mol. The molecule has 7 heteroatoms. The largest absolute Gasteiger partial charge is 0.342 e. The van der Waals surface area contributed by atoms with Crippen molar-refractivity contribution >= 4 is 23.6 Å². The monoisotopic (exact) mass is 441 g/mol. The summed E-state index contributed by atoms with van der Waals surface area (Å²) >= 11 is 0. The molecule has 2 fully saturated rings. The Labute approximate surface area is 192 Å². The van der Waals surface area contributed by atoms with Crippen LogP contribution in [0, 0.1) is 18.3 Å². The Morgan fingerprint density at radius 3 is 2.44 bits per heavy atom. The number of hydrogen-bond acceptors (Lipinski definition) is 3. The topological polar surface area (TPSA) is 88.5 Å². The first-order valence-electron chi connectivity index (χ1n) is 12.2. The molecule has 2 saturated heterocycles. The van der Waals surface area contributed by atoms with Gasteiger partial charge in [0.25, 0.3) is 5.91 Å². The molecule has 0 atom stereocenters. The zero-order chi connectivity index (χ0) is 23.1. The number of piperidine rings is 1. The number of carbonyl (C=O) groups is 2. The quantitative estimate of drug-likeness (QED) is 0.518. The minimum Gasteiger partial charge on any atom is -0.342 e. The summed E-state index contributed by atoms with van der Waals surface area (Å²) in [5.41, 5.74) is 1.33. The highest BCUT2D eigenvalue weighted by atomic mass is 16.2. The van der Waals surface area contributed by atoms with E-state index in [2.05, 4.69) is 24.5 Å². The van der Waals surface area contributed by atoms with E-state index in [1.165, 1.54) is 0 Å². The lowest BCUT2D eigenvalue weighted by Crippen LogP contribution is -2.47. The number of guanidine groups is 1. The SMILES string of the molecule is CCCCC1(CCCC)NC(=N)N(CC2CCN(C(=O)Nc3cccc(C)c3)CC2)C1=O. The summed E-state index contributed by atoms with van der Waals surface area (Å²) in [7, 11) is 0. The van der Waals surface area contributed by atoms with Gasteiger partial charge in [0.2, 0.25) is 0 Å². The number of urea groups is 1. The van der Waals surface area contributed by atoms with Crippen molar-refractivity contribution < 1.29 is 9.59 Å². The second-order valence-corrected chi connectivity index (χ2v) is 9.41. The molecule has 3 N–H and O–H groups in total. The molecule has 3 rings (SSSR count). The van der Waals surface area contributed by atoms with Crippen LogP contribution in [0.25, 0.3) is 0 Å². The molecule has 0 aromatic heterocycles. The van der Waals surface area contributed by atoms with Crippen molar-refractivity contribution in [3.8, 4) is 0 Å². The summed E-state index contributed by atoms with van der Waals surface area (Å²) in [6.45, 7) is 8.19. The molecule has 0 bridgehead atoms. The highest BCUT2D eigenvalue weighted by Gasteiger charge is 2.48. The number of likely N-dealkylation sites (tertiary alicyclic amines) is 1. The molecule has 32 heavy (non-hydrogen) atoms. The predicted molar refractivity (Wildman–Crippen MR) is 129 cm³/mol. The van der Waals surface area contributed by atoms with Crippen LogP contribution in [0.1, 0.15) is 70.8 Å². The zero-order valence-electron chi connectivity index (χ0n) is 19.9. The van der Waals surface area contributed by atoms with Gasteiger partial charge in [0.05, 0.1) is 0 Å². The molecule has 176 valence electrons. The third kappa shape index (κ3) is 5.61. The van der Waals surface area contributed by atoms with E-state index in [4.69, 9.17) is 5.41 Å². The lowest BCUT2D eigenvalue weighted by Gasteiger charge is -2.34. The average Bonchev–Trinajstić information content (AvgIpc) is 3.01. The van der Waals surface area contributed by atoms with E-state index >= 15 is 0 Å². The van der Waals surface area contributed by atoms with Gasteiger partial charge in [-0.25, -0.2) is 4.79 Å². The van der Waals surface area contributed by atoms with Gasteiger partial charge in [-0.2, -0.15) is 0 Å². The van der Waals surface area contributed by atoms with Crippen LogP contribution in [0.5, 0.6) is 0 Å². The van der Waals surface area contributed by atoms with Crippen molar-refractivity contribution in [3.63, 3.8) is 0 Å². The van der Waals surface area contributed by atoms with Gasteiger partial charge < -0.3 is 15.5 Å². The molecule has 0 saturated carbocycles. The number of nitrogens with one attached hydrogen (secondary N) is 3. The molecule has 0 aliphatic carbocycles. The molecule has 2 aliphatic rings. The van der Waals surface area contributed by atoms with Crippen LogP contribution in [-0.2, 0) is 4.79 Å². The predicted octanol–water partition coefficient (Wildman–Crippen LogP) is 4.72. The van der Waals surface area contributed by atoms with Gasteiger partial charge in [-0.1, -0.05) is 51.7 Å². The first-order valence-corrected chi connectivity index (χ1v) is 12.2. The number of benzene rings is 1. The van der Waals surface area contributed by atoms with Crippen LogP contribution in [0.2, 0.25) is 0 Å². The fourth-order valence-corrected chi connectivity index (χ4v) is 4.80. The van der Waals surface area contributed by atoms with Crippen molar-refractivity contribution in [3.05, 3.63) is 29.8 Å². The normalized spacial score (nSPS) is 18.7. The highest BCUT2D eigenvalue weighted by molar-refractivity contribution is 6.07. The summed E-state index contributed by atoms with van der Waals surface area (Å²) in [6.07, 6.45) is 7.32. The Hall–Kier alpha value is -2.57. The lowest BCUT2D eigenvalue weighted by molar-refractivity contribution is -0.132. The van der Waals surface area contributed by atoms with Crippen LogP contribution < -0.4 is 10.6 Å². The number of amides is 3. The summed E-state index contributed by atoms with van der Waals surface area (Å²) in [5, 5.41) is 14.7. The Morgan fingerprint density at radius 2 is 1.84 bits per heavy atom. The van der Waals surface area contributed by atoms with Crippen molar-refractivity contribution in [1.82, 2.24) is 15.1 Å². The minimum atomic E-state index is -0.600. The molecular formula is C25H39N5O2. The summed E-state index contributed by atoms with van der Waals surface area (Å²) in [6, 6.07) is 7.74. The number of aryl methyl sites for hydroxylation is 1. The summed E-state index contributed by atoms with van der Waals surface area (Å²) < 4.78 is 0. The standard InChI is InChI=1S/C25H39N5O2/c1-4-6-13-25(14-7-5-2)22(31)30(23(26)28-25)18-20-11-15-29(16-12-20)24(32)27-21-10-8-9-19(3)17-21/h8-10,17,20H,4-7,11-16,18H2,1-3H3,(H2,26,28)(H,27,32). The van der Waals surface area contributed by atoms with Crippen LogP contribution in [0.15, 0.2) is 24.3 Å². The van der Waals surface area contributed by atoms with Gasteiger partial charge in [0, 0.05) is 25.3 Å². The number of unbranched alkanes of at least 4 members (excludes halogenated alkanes) is 2. The van der Waals surface area contributed by atoms with Crippen LogP contribution in [0.3, 0.4) is 0 Å². The molecule has 0 unspecified atom stereocenters. The maximum absolute atomic E-state index is 13.4. The first kappa shape index (κ1) is 24.1. The highest BCUT2D eigenvalue weighted by Crippen LogP contribution is 2.31. The summed E-state index contributed by atoms with van der Waals surface area (Å²) in [5.74, 6) is 0.628. The third-order valence-electron chi connectivity index (χ3n) is 6.81. The molecule has 1 aromatic rings. The van der Waals surface area contributed by atoms with Crippen molar-refractivity contribution in [2.75, 3.05) is 25.0 Å². The third-order valence-corrected chi connectivity index (χ3v) is 6.81. The van der Waals surface area contributed by atoms with Gasteiger partial charge in [0.15, 0.2) is 5.96 Å². The van der Waals surface area contributed by atoms with Gasteiger partial charge in [0.1, 0.15) is 5.54 Å². The van der Waals surface area contributed by atoms with Gasteiger partial charge in [-0.3, -0.25) is 15.1 Å². The van der Waals surface area contributed by atoms with Crippen LogP contribution >= 0.6 is 0 Å². The van der Waals surface area contributed by atoms with Crippen molar-refractivity contribution in [2.45, 2.75) is 77.7 Å². The Balaban J connectivity index is 1.54. The van der Waals surface area contributed by atoms with E-state index in [9.17, 15) is 9.59 Å². The van der Waals surface area contributed by atoms with Crippen molar-refractivity contribution in [2.24, 2.45) is 5.92 Å². The maximum atomic E-state index is 13.4. The Bertz CT molecular complexity index is 808. The molecule has 0 spiro atoms. The Morgan fingerprint density at radius 1 is 1.19 bits per heavy atom. The van der Waals surface area contributed by atoms with E-state index in [0.717, 1.165) is 62.6 Å². The van der Waals surface area contributed by atoms with E-state index in [-0.39, 0.29) is 17.9 Å². The number of carbonyl (C=O) groups excluding carboxylic acids is 2. The molecule has 2 aliphatic heterocycles. The van der Waals surface area contributed by atoms with Gasteiger partial charge in [-0.15, -0.1) is 0 Å². The maximum Gasteiger partial charge on any atom is 0.321 e. The molecule has 1 aromatic carbocycles. The number of anilines is 1. The smallest absolute Gasteiger partial charge is 0.321 e. The number of rotatable bonds is 9. The second-order valence-electron chi connectivity index (χ2n) is 9.41. The number of hydrogen-bond donors (Lipinski definition) is 3. The van der Waals surface area contributed by atoms with Crippen LogP contribution in [0.4, 0.5) is 10.5 Å². The Kier molecular flexibility index (Phi) is 8.15. The second kappa shape index (κ2) is 10.8. The average molecular weight is 442 g/mol. The van der Waals surface area contributed by atoms with Crippen LogP contribution in [-0.4, -0.2) is 52.9 Å². The van der Waals surface area contributed by atoms with E-state index in [1.807, 2.05) is 36.1 Å². The first-order chi connectivity index (χ1) is 15.4. The van der Waals surface area contributed by atoms with E-state index < -0.39 is 5.54 Å². The fraction of sp³-hybridized carbons (Fsp3) is 0.640. The number of nitrogens with zero attached hydrogens (tertiary/aromatic N) is 2. The fourth-order valence-electron chi connectivity index (χ4n) is 4.80. The van der Waals surface area contributed by atoms with E-state index in [1.54, 1.807) is 4.90 Å². The van der Waals surface area contributed by atoms with E-state index in [0.29, 0.717) is 25.6 Å².